The molecule has 0 amide bonds. The summed E-state index contributed by atoms with van der Waals surface area (Å²) in [4.78, 5) is 10.8. The molecule has 2 rings (SSSR count). The largest absolute Gasteiger partial charge is 0.490 e. The van der Waals surface area contributed by atoms with E-state index in [1.807, 2.05) is 32.9 Å². The molecule has 0 heterocycles. The van der Waals surface area contributed by atoms with Crippen molar-refractivity contribution < 1.29 is 19.0 Å². The third-order valence-corrected chi connectivity index (χ3v) is 3.21. The lowest BCUT2D eigenvalue weighted by atomic mass is 10.1. The van der Waals surface area contributed by atoms with Crippen LogP contribution in [0.4, 0.5) is 0 Å². The van der Waals surface area contributed by atoms with E-state index >= 15 is 0 Å². The summed E-state index contributed by atoms with van der Waals surface area (Å²) in [5.41, 5.74) is 2.90. The van der Waals surface area contributed by atoms with Gasteiger partial charge >= 0.3 is 0 Å². The van der Waals surface area contributed by atoms with Gasteiger partial charge in [0.05, 0.1) is 6.61 Å². The van der Waals surface area contributed by atoms with Crippen LogP contribution in [0.2, 0.25) is 0 Å². The molecule has 0 saturated heterocycles. The lowest BCUT2D eigenvalue weighted by Gasteiger charge is -2.13. The van der Waals surface area contributed by atoms with Gasteiger partial charge in [-0.05, 0) is 62.2 Å². The van der Waals surface area contributed by atoms with Crippen LogP contribution in [0, 0.1) is 13.8 Å². The summed E-state index contributed by atoms with van der Waals surface area (Å²) in [7, 11) is 0. The SMILES string of the molecule is CCOc1cc(C=O)ccc1OCCOc1cc(C)cc(C)c1. The third kappa shape index (κ3) is 5.02. The van der Waals surface area contributed by atoms with Gasteiger partial charge in [0.1, 0.15) is 25.2 Å². The molecule has 4 heteroatoms. The lowest BCUT2D eigenvalue weighted by Crippen LogP contribution is -2.10. The molecular weight excluding hydrogens is 292 g/mol. The van der Waals surface area contributed by atoms with Crippen LogP contribution >= 0.6 is 0 Å². The van der Waals surface area contributed by atoms with Crippen LogP contribution in [0.3, 0.4) is 0 Å². The molecule has 0 aliphatic rings. The van der Waals surface area contributed by atoms with E-state index in [0.717, 1.165) is 12.0 Å². The highest BCUT2D eigenvalue weighted by Gasteiger charge is 2.06. The second kappa shape index (κ2) is 8.22. The van der Waals surface area contributed by atoms with E-state index in [-0.39, 0.29) is 0 Å². The number of benzene rings is 2. The zero-order valence-electron chi connectivity index (χ0n) is 13.8. The maximum atomic E-state index is 10.8. The van der Waals surface area contributed by atoms with Crippen molar-refractivity contribution in [3.8, 4) is 17.2 Å². The van der Waals surface area contributed by atoms with Crippen LogP contribution in [0.25, 0.3) is 0 Å². The summed E-state index contributed by atoms with van der Waals surface area (Å²) in [5.74, 6) is 2.03. The molecule has 0 saturated carbocycles. The van der Waals surface area contributed by atoms with Gasteiger partial charge < -0.3 is 14.2 Å². The summed E-state index contributed by atoms with van der Waals surface area (Å²) in [6.45, 7) is 7.31. The Hall–Kier alpha value is -2.49. The Morgan fingerprint density at radius 3 is 2.22 bits per heavy atom. The Bertz CT molecular complexity index is 644. The molecule has 0 N–H and O–H groups in total. The predicted octanol–water partition coefficient (Wildman–Crippen LogP) is 3.97. The van der Waals surface area contributed by atoms with Gasteiger partial charge in [-0.25, -0.2) is 0 Å². The van der Waals surface area contributed by atoms with Crippen LogP contribution in [0.5, 0.6) is 17.2 Å². The number of carbonyl (C=O) groups is 1. The Balaban J connectivity index is 1.91. The molecule has 2 aromatic carbocycles. The van der Waals surface area contributed by atoms with Crippen molar-refractivity contribution in [1.29, 1.82) is 0 Å². The molecule has 0 bridgehead atoms. The first-order valence-corrected chi connectivity index (χ1v) is 7.68. The van der Waals surface area contributed by atoms with Gasteiger partial charge in [-0.1, -0.05) is 6.07 Å². The smallest absolute Gasteiger partial charge is 0.161 e. The zero-order valence-corrected chi connectivity index (χ0v) is 13.8. The number of carbonyl (C=O) groups excluding carboxylic acids is 1. The van der Waals surface area contributed by atoms with E-state index in [1.165, 1.54) is 11.1 Å². The van der Waals surface area contributed by atoms with Gasteiger partial charge in [0, 0.05) is 5.56 Å². The Kier molecular flexibility index (Phi) is 6.03. The van der Waals surface area contributed by atoms with Crippen molar-refractivity contribution in [1.82, 2.24) is 0 Å². The molecule has 0 unspecified atom stereocenters. The second-order valence-corrected chi connectivity index (χ2v) is 5.28. The van der Waals surface area contributed by atoms with Gasteiger partial charge in [0.2, 0.25) is 0 Å². The second-order valence-electron chi connectivity index (χ2n) is 5.28. The summed E-state index contributed by atoms with van der Waals surface area (Å²) in [6, 6.07) is 11.2. The van der Waals surface area contributed by atoms with Gasteiger partial charge in [0.15, 0.2) is 11.5 Å². The van der Waals surface area contributed by atoms with Crippen LogP contribution in [0.1, 0.15) is 28.4 Å². The summed E-state index contributed by atoms with van der Waals surface area (Å²) >= 11 is 0. The number of aldehydes is 1. The molecule has 0 aliphatic heterocycles. The Morgan fingerprint density at radius 1 is 0.870 bits per heavy atom. The average Bonchev–Trinajstić information content (AvgIpc) is 2.52. The molecular formula is C19H22O4. The quantitative estimate of drug-likeness (QED) is 0.546. The maximum Gasteiger partial charge on any atom is 0.161 e. The van der Waals surface area contributed by atoms with E-state index in [0.29, 0.717) is 36.9 Å². The minimum absolute atomic E-state index is 0.396. The fourth-order valence-electron chi connectivity index (χ4n) is 2.31. The molecule has 23 heavy (non-hydrogen) atoms. The van der Waals surface area contributed by atoms with Crippen LogP contribution < -0.4 is 14.2 Å². The fourth-order valence-corrected chi connectivity index (χ4v) is 2.31. The van der Waals surface area contributed by atoms with E-state index < -0.39 is 0 Å². The van der Waals surface area contributed by atoms with Crippen molar-refractivity contribution in [2.24, 2.45) is 0 Å². The van der Waals surface area contributed by atoms with Crippen molar-refractivity contribution in [2.45, 2.75) is 20.8 Å². The van der Waals surface area contributed by atoms with Gasteiger partial charge in [0.25, 0.3) is 0 Å². The topological polar surface area (TPSA) is 44.8 Å². The molecule has 0 atom stereocenters. The minimum atomic E-state index is 0.396. The Labute approximate surface area is 137 Å². The van der Waals surface area contributed by atoms with Crippen molar-refractivity contribution in [3.63, 3.8) is 0 Å². The number of aryl methyl sites for hydroxylation is 2. The van der Waals surface area contributed by atoms with Crippen molar-refractivity contribution in [3.05, 3.63) is 53.1 Å². The number of hydrogen-bond acceptors (Lipinski definition) is 4. The molecule has 0 aliphatic carbocycles. The highest BCUT2D eigenvalue weighted by Crippen LogP contribution is 2.28. The summed E-state index contributed by atoms with van der Waals surface area (Å²) in [5, 5.41) is 0. The van der Waals surface area contributed by atoms with Crippen LogP contribution in [-0.2, 0) is 0 Å². The molecule has 0 radical (unpaired) electrons. The van der Waals surface area contributed by atoms with Crippen molar-refractivity contribution >= 4 is 6.29 Å². The van der Waals surface area contributed by atoms with Gasteiger partial charge in [-0.15, -0.1) is 0 Å². The molecule has 0 fully saturated rings. The van der Waals surface area contributed by atoms with Crippen molar-refractivity contribution in [2.75, 3.05) is 19.8 Å². The summed E-state index contributed by atoms with van der Waals surface area (Å²) in [6.07, 6.45) is 0.787. The van der Waals surface area contributed by atoms with Gasteiger partial charge in [-0.2, -0.15) is 0 Å². The van der Waals surface area contributed by atoms with E-state index in [9.17, 15) is 4.79 Å². The number of rotatable bonds is 8. The highest BCUT2D eigenvalue weighted by molar-refractivity contribution is 5.76. The standard InChI is InChI=1S/C19H22O4/c1-4-21-19-12-16(13-20)5-6-18(19)23-8-7-22-17-10-14(2)9-15(3)11-17/h5-6,9-13H,4,7-8H2,1-3H3. The maximum absolute atomic E-state index is 10.8. The number of ether oxygens (including phenoxy) is 3. The van der Waals surface area contributed by atoms with E-state index in [2.05, 4.69) is 6.07 Å². The Morgan fingerprint density at radius 2 is 1.57 bits per heavy atom. The van der Waals surface area contributed by atoms with Gasteiger partial charge in [-0.3, -0.25) is 4.79 Å². The fraction of sp³-hybridized carbons (Fsp3) is 0.316. The van der Waals surface area contributed by atoms with E-state index in [4.69, 9.17) is 14.2 Å². The first-order chi connectivity index (χ1) is 11.1. The predicted molar refractivity (Wildman–Crippen MR) is 89.9 cm³/mol. The van der Waals surface area contributed by atoms with Crippen LogP contribution in [0.15, 0.2) is 36.4 Å². The highest BCUT2D eigenvalue weighted by atomic mass is 16.5. The molecule has 4 nitrogen and oxygen atoms in total. The minimum Gasteiger partial charge on any atom is -0.490 e. The summed E-state index contributed by atoms with van der Waals surface area (Å²) < 4.78 is 16.9. The molecule has 122 valence electrons. The monoisotopic (exact) mass is 314 g/mol. The third-order valence-electron chi connectivity index (χ3n) is 3.21. The zero-order chi connectivity index (χ0) is 16.7. The molecule has 0 spiro atoms. The van der Waals surface area contributed by atoms with E-state index in [1.54, 1.807) is 18.2 Å². The first kappa shape index (κ1) is 16.9. The number of hydrogen-bond donors (Lipinski definition) is 0. The molecule has 0 aromatic heterocycles. The normalized spacial score (nSPS) is 10.2. The average molecular weight is 314 g/mol. The first-order valence-electron chi connectivity index (χ1n) is 7.68. The van der Waals surface area contributed by atoms with Crippen LogP contribution in [-0.4, -0.2) is 26.1 Å². The lowest BCUT2D eigenvalue weighted by molar-refractivity contribution is 0.112. The molecule has 2 aromatic rings.